The number of aromatic hydroxyl groups is 1. The van der Waals surface area contributed by atoms with Crippen LogP contribution in [0, 0.1) is 6.92 Å². The van der Waals surface area contributed by atoms with Gasteiger partial charge in [0, 0.05) is 30.1 Å². The van der Waals surface area contributed by atoms with Crippen LogP contribution in [0.3, 0.4) is 0 Å². The van der Waals surface area contributed by atoms with Gasteiger partial charge in [0.1, 0.15) is 5.75 Å². The summed E-state index contributed by atoms with van der Waals surface area (Å²) in [7, 11) is 0. The fraction of sp³-hybridized carbons (Fsp3) is 0.421. The number of aliphatic hydroxyl groups is 1. The third-order valence-electron chi connectivity index (χ3n) is 4.32. The Labute approximate surface area is 142 Å². The Bertz CT molecular complexity index is 720. The van der Waals surface area contributed by atoms with Crippen molar-refractivity contribution in [2.45, 2.75) is 46.1 Å². The molecule has 0 saturated carbocycles. The molecule has 0 saturated heterocycles. The number of nitrogens with two attached hydrogens (primary N) is 1. The summed E-state index contributed by atoms with van der Waals surface area (Å²) >= 11 is 0. The molecule has 24 heavy (non-hydrogen) atoms. The van der Waals surface area contributed by atoms with Gasteiger partial charge in [0.2, 0.25) is 0 Å². The van der Waals surface area contributed by atoms with Gasteiger partial charge >= 0.3 is 0 Å². The van der Waals surface area contributed by atoms with E-state index in [9.17, 15) is 15.0 Å². The van der Waals surface area contributed by atoms with Crippen molar-refractivity contribution in [3.8, 4) is 16.9 Å². The van der Waals surface area contributed by atoms with Crippen LogP contribution in [0.15, 0.2) is 24.3 Å². The number of carbonyl (C=O) groups excluding carboxylic acids is 1. The summed E-state index contributed by atoms with van der Waals surface area (Å²) in [5.74, 6) is -0.309. The number of phenols is 1. The third-order valence-corrected chi connectivity index (χ3v) is 4.32. The average Bonchev–Trinajstić information content (AvgIpc) is 2.83. The van der Waals surface area contributed by atoms with Crippen LogP contribution in [0.5, 0.6) is 5.75 Å². The summed E-state index contributed by atoms with van der Waals surface area (Å²) in [6.07, 6.45) is 3.47. The van der Waals surface area contributed by atoms with Gasteiger partial charge in [0.15, 0.2) is 0 Å². The lowest BCUT2D eigenvalue weighted by Gasteiger charge is -2.12. The molecular weight excluding hydrogens is 304 g/mol. The molecule has 0 bridgehead atoms. The van der Waals surface area contributed by atoms with E-state index < -0.39 is 5.91 Å². The molecule has 0 aliphatic rings. The molecule has 4 N–H and O–H groups in total. The molecule has 1 aromatic carbocycles. The van der Waals surface area contributed by atoms with Crippen molar-refractivity contribution in [3.05, 3.63) is 41.2 Å². The van der Waals surface area contributed by atoms with Crippen molar-refractivity contribution in [2.75, 3.05) is 6.61 Å². The zero-order chi connectivity index (χ0) is 17.7. The highest BCUT2D eigenvalue weighted by molar-refractivity contribution is 6.02. The molecule has 0 atom stereocenters. The summed E-state index contributed by atoms with van der Waals surface area (Å²) in [6, 6.07) is 6.91. The highest BCUT2D eigenvalue weighted by atomic mass is 16.3. The van der Waals surface area contributed by atoms with Gasteiger partial charge in [-0.2, -0.15) is 0 Å². The van der Waals surface area contributed by atoms with Gasteiger partial charge in [-0.25, -0.2) is 0 Å². The molecule has 0 aliphatic heterocycles. The van der Waals surface area contributed by atoms with E-state index in [2.05, 4.69) is 11.5 Å². The number of hydrogen-bond donors (Lipinski definition) is 3. The first-order valence-corrected chi connectivity index (χ1v) is 8.43. The van der Waals surface area contributed by atoms with Gasteiger partial charge in [-0.1, -0.05) is 25.5 Å². The number of rotatable bonds is 8. The molecular formula is C19H26N2O3. The van der Waals surface area contributed by atoms with Gasteiger partial charge in [-0.3, -0.25) is 4.79 Å². The first-order chi connectivity index (χ1) is 11.5. The van der Waals surface area contributed by atoms with E-state index in [-0.39, 0.29) is 12.4 Å². The van der Waals surface area contributed by atoms with Gasteiger partial charge in [0.25, 0.3) is 5.91 Å². The Morgan fingerprint density at radius 1 is 1.29 bits per heavy atom. The van der Waals surface area contributed by atoms with E-state index in [4.69, 9.17) is 5.73 Å². The van der Waals surface area contributed by atoms with Crippen LogP contribution < -0.4 is 5.73 Å². The molecule has 0 spiro atoms. The Morgan fingerprint density at radius 2 is 2.04 bits per heavy atom. The molecule has 2 aromatic rings. The number of benzene rings is 1. The van der Waals surface area contributed by atoms with Gasteiger partial charge in [-0.05, 0) is 43.9 Å². The van der Waals surface area contributed by atoms with E-state index in [1.54, 1.807) is 18.2 Å². The number of aliphatic hydroxyl groups excluding tert-OH is 1. The number of aromatic nitrogens is 1. The maximum absolute atomic E-state index is 12.1. The smallest absolute Gasteiger partial charge is 0.251 e. The maximum Gasteiger partial charge on any atom is 0.251 e. The van der Waals surface area contributed by atoms with Crippen molar-refractivity contribution in [1.82, 2.24) is 4.57 Å². The summed E-state index contributed by atoms with van der Waals surface area (Å²) < 4.78 is 2.09. The number of primary amides is 1. The van der Waals surface area contributed by atoms with Crippen LogP contribution in [0.25, 0.3) is 11.1 Å². The van der Waals surface area contributed by atoms with Crippen LogP contribution in [-0.4, -0.2) is 27.3 Å². The number of hydrogen-bond acceptors (Lipinski definition) is 3. The standard InChI is InChI=1S/C19H26N2O3/c1-3-4-9-16-18(14-7-5-8-15(23)12-14)17(19(20)24)13(2)21(16)10-6-11-22/h5,7-8,12,22-23H,3-4,6,9-11H2,1-2H3,(H2,20,24). The molecule has 1 aromatic heterocycles. The van der Waals surface area contributed by atoms with E-state index in [0.717, 1.165) is 41.8 Å². The maximum atomic E-state index is 12.1. The van der Waals surface area contributed by atoms with E-state index in [1.165, 1.54) is 0 Å². The molecule has 0 unspecified atom stereocenters. The van der Waals surface area contributed by atoms with Gasteiger partial charge < -0.3 is 20.5 Å². The lowest BCUT2D eigenvalue weighted by molar-refractivity contribution is 0.1000. The minimum absolute atomic E-state index is 0.0954. The second-order valence-corrected chi connectivity index (χ2v) is 6.03. The Morgan fingerprint density at radius 3 is 2.62 bits per heavy atom. The van der Waals surface area contributed by atoms with Gasteiger partial charge in [0.05, 0.1) is 5.56 Å². The fourth-order valence-corrected chi connectivity index (χ4v) is 3.21. The highest BCUT2D eigenvalue weighted by Gasteiger charge is 2.24. The molecule has 1 amide bonds. The van der Waals surface area contributed by atoms with E-state index >= 15 is 0 Å². The molecule has 5 nitrogen and oxygen atoms in total. The topological polar surface area (TPSA) is 88.5 Å². The Balaban J connectivity index is 2.70. The van der Waals surface area contributed by atoms with Crippen LogP contribution in [-0.2, 0) is 13.0 Å². The summed E-state index contributed by atoms with van der Waals surface area (Å²) in [4.78, 5) is 12.1. The SMILES string of the molecule is CCCCc1c(-c2cccc(O)c2)c(C(N)=O)c(C)n1CCCO. The van der Waals surface area contributed by atoms with E-state index in [0.29, 0.717) is 18.5 Å². The van der Waals surface area contributed by atoms with Crippen LogP contribution in [0.2, 0.25) is 0 Å². The second-order valence-electron chi connectivity index (χ2n) is 6.03. The summed E-state index contributed by atoms with van der Waals surface area (Å²) in [5, 5.41) is 19.0. The minimum atomic E-state index is -0.466. The number of nitrogens with zero attached hydrogens (tertiary/aromatic N) is 1. The Kier molecular flexibility index (Phi) is 6.04. The molecule has 5 heteroatoms. The van der Waals surface area contributed by atoms with Crippen LogP contribution in [0.1, 0.15) is 47.9 Å². The predicted octanol–water partition coefficient (Wildman–Crippen LogP) is 2.99. The number of carbonyl (C=O) groups is 1. The van der Waals surface area contributed by atoms with Crippen molar-refractivity contribution in [1.29, 1.82) is 0 Å². The minimum Gasteiger partial charge on any atom is -0.508 e. The molecule has 1 heterocycles. The first-order valence-electron chi connectivity index (χ1n) is 8.43. The fourth-order valence-electron chi connectivity index (χ4n) is 3.21. The van der Waals surface area contributed by atoms with E-state index in [1.807, 2.05) is 13.0 Å². The normalized spacial score (nSPS) is 11.0. The predicted molar refractivity (Wildman–Crippen MR) is 95.1 cm³/mol. The first kappa shape index (κ1) is 18.1. The number of unbranched alkanes of at least 4 members (excludes halogenated alkanes) is 1. The third kappa shape index (κ3) is 3.62. The lowest BCUT2D eigenvalue weighted by atomic mass is 9.97. The molecule has 0 aliphatic carbocycles. The molecule has 0 radical (unpaired) electrons. The largest absolute Gasteiger partial charge is 0.508 e. The quantitative estimate of drug-likeness (QED) is 0.695. The van der Waals surface area contributed by atoms with Gasteiger partial charge in [-0.15, -0.1) is 0 Å². The number of phenolic OH excluding ortho intramolecular Hbond substituents is 1. The molecule has 130 valence electrons. The average molecular weight is 330 g/mol. The molecule has 0 fully saturated rings. The van der Waals surface area contributed by atoms with Crippen LogP contribution in [0.4, 0.5) is 0 Å². The second kappa shape index (κ2) is 8.02. The summed E-state index contributed by atoms with van der Waals surface area (Å²) in [6.45, 7) is 4.74. The Hall–Kier alpha value is -2.27. The van der Waals surface area contributed by atoms with Crippen molar-refractivity contribution < 1.29 is 15.0 Å². The zero-order valence-corrected chi connectivity index (χ0v) is 14.4. The zero-order valence-electron chi connectivity index (χ0n) is 14.4. The molecule has 2 rings (SSSR count). The lowest BCUT2D eigenvalue weighted by Crippen LogP contribution is -2.13. The summed E-state index contributed by atoms with van der Waals surface area (Å²) in [5.41, 5.74) is 9.63. The monoisotopic (exact) mass is 330 g/mol. The van der Waals surface area contributed by atoms with Crippen molar-refractivity contribution in [2.24, 2.45) is 5.73 Å². The van der Waals surface area contributed by atoms with Crippen molar-refractivity contribution in [3.63, 3.8) is 0 Å². The number of amides is 1. The van der Waals surface area contributed by atoms with Crippen molar-refractivity contribution >= 4 is 5.91 Å². The van der Waals surface area contributed by atoms with Crippen LogP contribution >= 0.6 is 0 Å². The highest BCUT2D eigenvalue weighted by Crippen LogP contribution is 2.35.